The van der Waals surface area contributed by atoms with Crippen LogP contribution in [0.5, 0.6) is 5.75 Å². The Morgan fingerprint density at radius 3 is 2.77 bits per heavy atom. The summed E-state index contributed by atoms with van der Waals surface area (Å²) in [6.45, 7) is 3.89. The normalized spacial score (nSPS) is 21.8. The maximum absolute atomic E-state index is 12.3. The minimum atomic E-state index is -0.204. The van der Waals surface area contributed by atoms with Gasteiger partial charge in [0, 0.05) is 30.7 Å². The van der Waals surface area contributed by atoms with E-state index in [0.29, 0.717) is 13.2 Å². The zero-order valence-electron chi connectivity index (χ0n) is 14.6. The number of para-hydroxylation sites is 1. The maximum atomic E-state index is 12.3. The number of cyclic esters (lactones) is 1. The first-order chi connectivity index (χ1) is 12.8. The predicted octanol–water partition coefficient (Wildman–Crippen LogP) is 3.01. The van der Waals surface area contributed by atoms with Crippen LogP contribution < -0.4 is 4.74 Å². The van der Waals surface area contributed by atoms with Crippen molar-refractivity contribution < 1.29 is 14.3 Å². The third-order valence-electron chi connectivity index (χ3n) is 4.92. The number of amides is 1. The lowest BCUT2D eigenvalue weighted by molar-refractivity contribution is 0.0971. The molecule has 0 spiro atoms. The molecule has 6 nitrogen and oxygen atoms in total. The Bertz CT molecular complexity index is 702. The van der Waals surface area contributed by atoms with Crippen LogP contribution in [0.3, 0.4) is 0 Å². The summed E-state index contributed by atoms with van der Waals surface area (Å²) in [4.78, 5) is 20.9. The number of carbonyl (C=O) groups is 1. The highest BCUT2D eigenvalue weighted by Crippen LogP contribution is 2.24. The third-order valence-corrected chi connectivity index (χ3v) is 5.69. The first-order valence-electron chi connectivity index (χ1n) is 9.04. The van der Waals surface area contributed by atoms with E-state index >= 15 is 0 Å². The van der Waals surface area contributed by atoms with E-state index < -0.39 is 0 Å². The second-order valence-electron chi connectivity index (χ2n) is 6.72. The summed E-state index contributed by atoms with van der Waals surface area (Å²) in [5.74, 6) is 0.803. The monoisotopic (exact) mass is 373 g/mol. The summed E-state index contributed by atoms with van der Waals surface area (Å²) in [6.07, 6.45) is 3.41. The van der Waals surface area contributed by atoms with E-state index in [0.717, 1.165) is 43.2 Å². The van der Waals surface area contributed by atoms with Crippen LogP contribution in [0.1, 0.15) is 17.8 Å². The standard InChI is InChI=1S/C19H23N3O3S/c23-19-22(12-17(25-19)14-24-16-4-2-1-3-5-16)15-6-9-21(10-7-15)13-18-20-8-11-26-18/h1-5,8,11,15,17H,6-7,9-10,12-14H2. The molecule has 1 atom stereocenters. The van der Waals surface area contributed by atoms with Crippen LogP contribution in [-0.4, -0.2) is 59.3 Å². The molecule has 26 heavy (non-hydrogen) atoms. The van der Waals surface area contributed by atoms with Gasteiger partial charge >= 0.3 is 6.09 Å². The molecule has 0 radical (unpaired) electrons. The quantitative estimate of drug-likeness (QED) is 0.779. The topological polar surface area (TPSA) is 54.9 Å². The van der Waals surface area contributed by atoms with Crippen LogP contribution >= 0.6 is 11.3 Å². The SMILES string of the molecule is O=C1OC(COc2ccccc2)CN1C1CCN(Cc2nccs2)CC1. The van der Waals surface area contributed by atoms with Gasteiger partial charge in [-0.05, 0) is 25.0 Å². The molecule has 0 aliphatic carbocycles. The Morgan fingerprint density at radius 2 is 2.04 bits per heavy atom. The van der Waals surface area contributed by atoms with Gasteiger partial charge in [0.05, 0.1) is 13.1 Å². The lowest BCUT2D eigenvalue weighted by Crippen LogP contribution is -2.45. The highest BCUT2D eigenvalue weighted by atomic mass is 32.1. The zero-order chi connectivity index (χ0) is 17.8. The Balaban J connectivity index is 1.24. The molecule has 0 N–H and O–H groups in total. The van der Waals surface area contributed by atoms with E-state index in [1.54, 1.807) is 11.3 Å². The molecule has 2 fully saturated rings. The van der Waals surface area contributed by atoms with Crippen LogP contribution in [0, 0.1) is 0 Å². The van der Waals surface area contributed by atoms with Gasteiger partial charge in [0.2, 0.25) is 0 Å². The summed E-state index contributed by atoms with van der Waals surface area (Å²) in [5.41, 5.74) is 0. The Labute approximate surface area is 157 Å². The highest BCUT2D eigenvalue weighted by molar-refractivity contribution is 7.09. The molecule has 2 aromatic rings. The zero-order valence-corrected chi connectivity index (χ0v) is 15.4. The molecule has 1 unspecified atom stereocenters. The van der Waals surface area contributed by atoms with Crippen molar-refractivity contribution in [3.8, 4) is 5.75 Å². The van der Waals surface area contributed by atoms with Gasteiger partial charge in [-0.2, -0.15) is 0 Å². The second kappa shape index (κ2) is 8.05. The maximum Gasteiger partial charge on any atom is 0.410 e. The molecule has 1 aromatic carbocycles. The van der Waals surface area contributed by atoms with E-state index in [1.165, 1.54) is 0 Å². The molecule has 3 heterocycles. The Morgan fingerprint density at radius 1 is 1.23 bits per heavy atom. The molecule has 0 bridgehead atoms. The smallest absolute Gasteiger partial charge is 0.410 e. The number of hydrogen-bond donors (Lipinski definition) is 0. The van der Waals surface area contributed by atoms with Crippen molar-refractivity contribution >= 4 is 17.4 Å². The summed E-state index contributed by atoms with van der Waals surface area (Å²) < 4.78 is 11.2. The van der Waals surface area contributed by atoms with Gasteiger partial charge in [-0.3, -0.25) is 4.90 Å². The molecular formula is C19H23N3O3S. The van der Waals surface area contributed by atoms with Crippen molar-refractivity contribution in [3.05, 3.63) is 46.9 Å². The first kappa shape index (κ1) is 17.3. The highest BCUT2D eigenvalue weighted by Gasteiger charge is 2.37. The van der Waals surface area contributed by atoms with Gasteiger partial charge in [0.15, 0.2) is 6.10 Å². The average Bonchev–Trinajstić information content (AvgIpc) is 3.31. The molecule has 4 rings (SSSR count). The number of carbonyl (C=O) groups excluding carboxylic acids is 1. The summed E-state index contributed by atoms with van der Waals surface area (Å²) in [7, 11) is 0. The van der Waals surface area contributed by atoms with Crippen molar-refractivity contribution in [3.63, 3.8) is 0 Å². The van der Waals surface area contributed by atoms with Gasteiger partial charge in [-0.25, -0.2) is 9.78 Å². The molecule has 2 aliphatic rings. The molecule has 7 heteroatoms. The number of aromatic nitrogens is 1. The molecule has 138 valence electrons. The van der Waals surface area contributed by atoms with Gasteiger partial charge in [-0.1, -0.05) is 18.2 Å². The second-order valence-corrected chi connectivity index (χ2v) is 7.69. The van der Waals surface area contributed by atoms with E-state index in [2.05, 4.69) is 9.88 Å². The summed E-state index contributed by atoms with van der Waals surface area (Å²) >= 11 is 1.70. The minimum Gasteiger partial charge on any atom is -0.490 e. The van der Waals surface area contributed by atoms with Crippen LogP contribution in [0.2, 0.25) is 0 Å². The number of piperidine rings is 1. The predicted molar refractivity (Wildman–Crippen MR) is 99.3 cm³/mol. The molecular weight excluding hydrogens is 350 g/mol. The van der Waals surface area contributed by atoms with Gasteiger partial charge < -0.3 is 14.4 Å². The van der Waals surface area contributed by atoms with Gasteiger partial charge in [0.1, 0.15) is 17.4 Å². The Hall–Kier alpha value is -2.12. The number of hydrogen-bond acceptors (Lipinski definition) is 6. The molecule has 2 aliphatic heterocycles. The summed E-state index contributed by atoms with van der Waals surface area (Å²) in [5, 5.41) is 3.17. The molecule has 1 amide bonds. The van der Waals surface area contributed by atoms with E-state index in [1.807, 2.05) is 46.8 Å². The fourth-order valence-corrected chi connectivity index (χ4v) is 4.20. The largest absolute Gasteiger partial charge is 0.490 e. The van der Waals surface area contributed by atoms with Crippen molar-refractivity contribution in [1.29, 1.82) is 0 Å². The molecule has 0 saturated carbocycles. The van der Waals surface area contributed by atoms with Crippen LogP contribution in [0.15, 0.2) is 41.9 Å². The lowest BCUT2D eigenvalue weighted by Gasteiger charge is -2.35. The van der Waals surface area contributed by atoms with E-state index in [9.17, 15) is 4.79 Å². The van der Waals surface area contributed by atoms with Crippen molar-refractivity contribution in [2.45, 2.75) is 31.5 Å². The average molecular weight is 373 g/mol. The number of benzene rings is 1. The number of rotatable bonds is 6. The van der Waals surface area contributed by atoms with Crippen molar-refractivity contribution in [1.82, 2.24) is 14.8 Å². The molecule has 1 aromatic heterocycles. The number of thiazole rings is 1. The van der Waals surface area contributed by atoms with Gasteiger partial charge in [-0.15, -0.1) is 11.3 Å². The van der Waals surface area contributed by atoms with Crippen molar-refractivity contribution in [2.24, 2.45) is 0 Å². The van der Waals surface area contributed by atoms with Crippen LogP contribution in [-0.2, 0) is 11.3 Å². The van der Waals surface area contributed by atoms with Crippen LogP contribution in [0.25, 0.3) is 0 Å². The summed E-state index contributed by atoms with van der Waals surface area (Å²) in [6, 6.07) is 9.89. The fraction of sp³-hybridized carbons (Fsp3) is 0.474. The number of nitrogens with zero attached hydrogens (tertiary/aromatic N) is 3. The minimum absolute atomic E-state index is 0.198. The Kier molecular flexibility index (Phi) is 5.36. The number of ether oxygens (including phenoxy) is 2. The van der Waals surface area contributed by atoms with Crippen molar-refractivity contribution in [2.75, 3.05) is 26.2 Å². The first-order valence-corrected chi connectivity index (χ1v) is 9.92. The van der Waals surface area contributed by atoms with E-state index in [-0.39, 0.29) is 18.2 Å². The number of likely N-dealkylation sites (tertiary alicyclic amines) is 1. The van der Waals surface area contributed by atoms with Crippen LogP contribution in [0.4, 0.5) is 4.79 Å². The van der Waals surface area contributed by atoms with E-state index in [4.69, 9.17) is 9.47 Å². The third kappa shape index (κ3) is 4.16. The molecule has 2 saturated heterocycles. The lowest BCUT2D eigenvalue weighted by atomic mass is 10.0. The fourth-order valence-electron chi connectivity index (χ4n) is 3.54. The van der Waals surface area contributed by atoms with Gasteiger partial charge in [0.25, 0.3) is 0 Å².